The molecule has 0 amide bonds. The fraction of sp³-hybridized carbons (Fsp3) is 0.600. The van der Waals surface area contributed by atoms with Gasteiger partial charge in [-0.1, -0.05) is 29.4 Å². The molecule has 1 aliphatic carbocycles. The molecule has 1 N–H and O–H groups in total. The summed E-state index contributed by atoms with van der Waals surface area (Å²) in [5.41, 5.74) is 7.40. The van der Waals surface area contributed by atoms with E-state index >= 15 is 0 Å². The van der Waals surface area contributed by atoms with E-state index in [1.807, 2.05) is 0 Å². The SMILES string of the molecule is C=C(C)C1CC=C(C)CC1.N=O. The molecule has 1 atom stereocenters. The molecular formula is C10H17NO. The number of hydrogen-bond acceptors (Lipinski definition) is 2. The minimum atomic E-state index is 0.767. The number of nitroso groups, excluding NO2 is 1. The molecule has 0 radical (unpaired) electrons. The quantitative estimate of drug-likeness (QED) is 0.470. The summed E-state index contributed by atoms with van der Waals surface area (Å²) in [5, 5.41) is 0. The van der Waals surface area contributed by atoms with Gasteiger partial charge in [-0.2, -0.15) is 4.91 Å². The van der Waals surface area contributed by atoms with Gasteiger partial charge in [-0.25, -0.2) is 0 Å². The Balaban J connectivity index is 0.000000561. The molecule has 2 heteroatoms. The van der Waals surface area contributed by atoms with Gasteiger partial charge in [-0.15, -0.1) is 0 Å². The lowest BCUT2D eigenvalue weighted by atomic mass is 9.86. The molecule has 0 aliphatic heterocycles. The number of allylic oxidation sites excluding steroid dienone is 3. The van der Waals surface area contributed by atoms with Crippen LogP contribution in [0.3, 0.4) is 0 Å². The van der Waals surface area contributed by atoms with Crippen LogP contribution in [0.4, 0.5) is 0 Å². The van der Waals surface area contributed by atoms with Crippen molar-refractivity contribution in [3.63, 3.8) is 0 Å². The first kappa shape index (κ1) is 11.1. The molecule has 2 nitrogen and oxygen atoms in total. The molecule has 0 spiro atoms. The lowest BCUT2D eigenvalue weighted by molar-refractivity contribution is 0.540. The van der Waals surface area contributed by atoms with Crippen LogP contribution in [0.5, 0.6) is 0 Å². The van der Waals surface area contributed by atoms with Crippen LogP contribution in [0, 0.1) is 16.4 Å². The van der Waals surface area contributed by atoms with Gasteiger partial charge < -0.3 is 0 Å². The van der Waals surface area contributed by atoms with Crippen LogP contribution in [-0.2, 0) is 0 Å². The van der Waals surface area contributed by atoms with Gasteiger partial charge in [0.1, 0.15) is 0 Å². The Bertz CT molecular complexity index is 184. The predicted octanol–water partition coefficient (Wildman–Crippen LogP) is 3.64. The highest BCUT2D eigenvalue weighted by molar-refractivity contribution is 5.09. The molecule has 0 aromatic carbocycles. The van der Waals surface area contributed by atoms with Crippen molar-refractivity contribution in [1.82, 2.24) is 0 Å². The highest BCUT2D eigenvalue weighted by Crippen LogP contribution is 2.27. The van der Waals surface area contributed by atoms with E-state index in [1.54, 1.807) is 5.57 Å². The number of nitrogens with one attached hydrogen (secondary N) is 1. The molecule has 0 bridgehead atoms. The summed E-state index contributed by atoms with van der Waals surface area (Å²) in [6, 6.07) is 0. The molecule has 0 saturated carbocycles. The first-order valence-corrected chi connectivity index (χ1v) is 4.21. The van der Waals surface area contributed by atoms with Crippen molar-refractivity contribution in [1.29, 1.82) is 5.59 Å². The lowest BCUT2D eigenvalue weighted by Gasteiger charge is -2.19. The maximum absolute atomic E-state index is 7.50. The van der Waals surface area contributed by atoms with Gasteiger partial charge in [0.15, 0.2) is 0 Å². The van der Waals surface area contributed by atoms with Crippen LogP contribution in [-0.4, -0.2) is 0 Å². The third-order valence-corrected chi connectivity index (χ3v) is 2.33. The zero-order valence-electron chi connectivity index (χ0n) is 7.89. The second-order valence-electron chi connectivity index (χ2n) is 3.37. The van der Waals surface area contributed by atoms with E-state index in [-0.39, 0.29) is 0 Å². The molecule has 1 aliphatic rings. The molecule has 0 aromatic heterocycles. The predicted molar refractivity (Wildman–Crippen MR) is 52.0 cm³/mol. The molecule has 1 rings (SSSR count). The van der Waals surface area contributed by atoms with E-state index < -0.39 is 0 Å². The molecule has 12 heavy (non-hydrogen) atoms. The summed E-state index contributed by atoms with van der Waals surface area (Å²) >= 11 is 0. The van der Waals surface area contributed by atoms with Crippen LogP contribution in [0.15, 0.2) is 23.8 Å². The molecular weight excluding hydrogens is 150 g/mol. The Kier molecular flexibility index (Phi) is 5.26. The van der Waals surface area contributed by atoms with Crippen molar-refractivity contribution in [2.24, 2.45) is 5.92 Å². The third-order valence-electron chi connectivity index (χ3n) is 2.33. The first-order valence-electron chi connectivity index (χ1n) is 4.21. The summed E-state index contributed by atoms with van der Waals surface area (Å²) in [5.74, 6) is 0.767. The van der Waals surface area contributed by atoms with Gasteiger partial charge in [0, 0.05) is 0 Å². The minimum Gasteiger partial charge on any atom is -0.154 e. The van der Waals surface area contributed by atoms with Crippen molar-refractivity contribution in [3.05, 3.63) is 28.7 Å². The van der Waals surface area contributed by atoms with E-state index in [9.17, 15) is 0 Å². The Morgan fingerprint density at radius 3 is 2.58 bits per heavy atom. The normalized spacial score (nSPS) is 21.8. The summed E-state index contributed by atoms with van der Waals surface area (Å²) < 4.78 is 0. The van der Waals surface area contributed by atoms with Gasteiger partial charge in [0.2, 0.25) is 0 Å². The smallest absolute Gasteiger partial charge is 0.0171 e. The zero-order chi connectivity index (χ0) is 9.56. The topological polar surface area (TPSA) is 40.9 Å². The van der Waals surface area contributed by atoms with Crippen LogP contribution in [0.1, 0.15) is 33.1 Å². The van der Waals surface area contributed by atoms with E-state index in [0.29, 0.717) is 0 Å². The summed E-state index contributed by atoms with van der Waals surface area (Å²) in [6.07, 6.45) is 6.17. The maximum atomic E-state index is 7.50. The second-order valence-corrected chi connectivity index (χ2v) is 3.37. The Morgan fingerprint density at radius 2 is 2.25 bits per heavy atom. The highest BCUT2D eigenvalue weighted by Gasteiger charge is 2.11. The van der Waals surface area contributed by atoms with Crippen molar-refractivity contribution in [2.75, 3.05) is 0 Å². The van der Waals surface area contributed by atoms with Gasteiger partial charge in [-0.05, 0) is 39.0 Å². The van der Waals surface area contributed by atoms with Crippen molar-refractivity contribution >= 4 is 0 Å². The van der Waals surface area contributed by atoms with E-state index in [0.717, 1.165) is 5.92 Å². The fourth-order valence-electron chi connectivity index (χ4n) is 1.41. The monoisotopic (exact) mass is 167 g/mol. The highest BCUT2D eigenvalue weighted by atomic mass is 16.2. The standard InChI is InChI=1S/C10H16.HNO/c1-8(2)10-6-4-9(3)5-7-10;1-2/h4,10H,1,5-7H2,2-3H3;1H. The van der Waals surface area contributed by atoms with E-state index in [4.69, 9.17) is 4.91 Å². The van der Waals surface area contributed by atoms with Crippen LogP contribution >= 0.6 is 0 Å². The summed E-state index contributed by atoms with van der Waals surface area (Å²) in [6.45, 7) is 8.33. The molecule has 0 fully saturated rings. The molecule has 1 unspecified atom stereocenters. The molecule has 0 aromatic rings. The number of hydrogen-bond donors (Lipinski definition) is 1. The average Bonchev–Trinajstić information content (AvgIpc) is 2.09. The summed E-state index contributed by atoms with van der Waals surface area (Å²) in [4.78, 5) is 7.50. The Labute approximate surface area is 74.1 Å². The largest absolute Gasteiger partial charge is 0.154 e. The van der Waals surface area contributed by atoms with Crippen LogP contribution in [0.25, 0.3) is 0 Å². The molecule has 68 valence electrons. The average molecular weight is 167 g/mol. The van der Waals surface area contributed by atoms with Gasteiger partial charge in [0.05, 0.1) is 0 Å². The van der Waals surface area contributed by atoms with Crippen LogP contribution in [0.2, 0.25) is 0 Å². The van der Waals surface area contributed by atoms with Gasteiger partial charge >= 0.3 is 0 Å². The summed E-state index contributed by atoms with van der Waals surface area (Å²) in [7, 11) is 0. The lowest BCUT2D eigenvalue weighted by Crippen LogP contribution is -2.04. The van der Waals surface area contributed by atoms with Gasteiger partial charge in [-0.3, -0.25) is 0 Å². The van der Waals surface area contributed by atoms with Crippen molar-refractivity contribution < 1.29 is 0 Å². The first-order chi connectivity index (χ1) is 5.70. The molecule has 0 heterocycles. The van der Waals surface area contributed by atoms with Crippen LogP contribution < -0.4 is 0 Å². The minimum absolute atomic E-state index is 0.767. The third kappa shape index (κ3) is 3.46. The zero-order valence-corrected chi connectivity index (χ0v) is 7.89. The second kappa shape index (κ2) is 5.70. The number of rotatable bonds is 1. The van der Waals surface area contributed by atoms with Gasteiger partial charge in [0.25, 0.3) is 0 Å². The van der Waals surface area contributed by atoms with E-state index in [2.05, 4.69) is 32.1 Å². The fourth-order valence-corrected chi connectivity index (χ4v) is 1.41. The Hall–Kier alpha value is -0.920. The van der Waals surface area contributed by atoms with E-state index in [1.165, 1.54) is 24.8 Å². The Morgan fingerprint density at radius 1 is 1.67 bits per heavy atom. The maximum Gasteiger partial charge on any atom is -0.0171 e. The molecule has 0 saturated heterocycles. The van der Waals surface area contributed by atoms with Crippen molar-refractivity contribution in [3.8, 4) is 0 Å². The van der Waals surface area contributed by atoms with Crippen molar-refractivity contribution in [2.45, 2.75) is 33.1 Å².